The molecule has 0 aliphatic carbocycles. The Bertz CT molecular complexity index is 853. The third-order valence-corrected chi connectivity index (χ3v) is 3.98. The topological polar surface area (TPSA) is 102 Å². The van der Waals surface area contributed by atoms with E-state index in [-0.39, 0.29) is 17.9 Å². The number of rotatable bonds is 5. The molecule has 2 aromatic carbocycles. The molecule has 1 aliphatic heterocycles. The first-order valence-electron chi connectivity index (χ1n) is 8.11. The molecule has 2 amide bonds. The van der Waals surface area contributed by atoms with Gasteiger partial charge in [0.15, 0.2) is 6.10 Å². The summed E-state index contributed by atoms with van der Waals surface area (Å²) >= 11 is 0. The summed E-state index contributed by atoms with van der Waals surface area (Å²) in [4.78, 5) is 36.7. The number of carbonyl (C=O) groups excluding carboxylic acids is 2. The number of amides is 2. The highest BCUT2D eigenvalue weighted by atomic mass is 16.6. The molecule has 0 bridgehead atoms. The van der Waals surface area contributed by atoms with Crippen molar-refractivity contribution in [1.82, 2.24) is 0 Å². The highest BCUT2D eigenvalue weighted by molar-refractivity contribution is 6.06. The first kappa shape index (κ1) is 17.4. The van der Waals surface area contributed by atoms with Crippen molar-refractivity contribution in [1.29, 1.82) is 0 Å². The second kappa shape index (κ2) is 7.22. The molecular formula is C18H17N3O5. The molecule has 0 radical (unpaired) electrons. The zero-order valence-corrected chi connectivity index (χ0v) is 14.0. The highest BCUT2D eigenvalue weighted by Crippen LogP contribution is 2.37. The fourth-order valence-electron chi connectivity index (χ4n) is 2.71. The number of hydrogen-bond donors (Lipinski definition) is 1. The molecule has 8 heteroatoms. The summed E-state index contributed by atoms with van der Waals surface area (Å²) in [6.45, 7) is 1.53. The molecule has 1 unspecified atom stereocenters. The molecule has 0 spiro atoms. The number of ether oxygens (including phenoxy) is 1. The summed E-state index contributed by atoms with van der Waals surface area (Å²) in [6, 6.07) is 12.8. The lowest BCUT2D eigenvalue weighted by Gasteiger charge is -2.33. The van der Waals surface area contributed by atoms with Gasteiger partial charge in [-0.05, 0) is 24.6 Å². The van der Waals surface area contributed by atoms with Gasteiger partial charge in [-0.15, -0.1) is 0 Å². The number of fused-ring (bicyclic) bond motifs is 1. The van der Waals surface area contributed by atoms with Gasteiger partial charge in [0.1, 0.15) is 12.3 Å². The Morgan fingerprint density at radius 2 is 2.00 bits per heavy atom. The van der Waals surface area contributed by atoms with Crippen molar-refractivity contribution in [2.45, 2.75) is 19.4 Å². The molecule has 0 saturated heterocycles. The van der Waals surface area contributed by atoms with Crippen molar-refractivity contribution in [3.8, 4) is 5.75 Å². The summed E-state index contributed by atoms with van der Waals surface area (Å²) in [5.41, 5.74) is 0.644. The number of para-hydroxylation sites is 1. The van der Waals surface area contributed by atoms with E-state index >= 15 is 0 Å². The van der Waals surface area contributed by atoms with Gasteiger partial charge in [0.2, 0.25) is 5.91 Å². The van der Waals surface area contributed by atoms with Gasteiger partial charge in [-0.2, -0.15) is 0 Å². The molecule has 1 heterocycles. The van der Waals surface area contributed by atoms with Gasteiger partial charge in [-0.25, -0.2) is 0 Å². The average molecular weight is 355 g/mol. The molecule has 1 atom stereocenters. The quantitative estimate of drug-likeness (QED) is 0.656. The Morgan fingerprint density at radius 3 is 2.65 bits per heavy atom. The van der Waals surface area contributed by atoms with Crippen LogP contribution in [0.1, 0.15) is 13.3 Å². The zero-order valence-electron chi connectivity index (χ0n) is 14.0. The van der Waals surface area contributed by atoms with Crippen LogP contribution in [0.15, 0.2) is 48.5 Å². The summed E-state index contributed by atoms with van der Waals surface area (Å²) in [6.07, 6.45) is -0.306. The van der Waals surface area contributed by atoms with Crippen molar-refractivity contribution in [2.24, 2.45) is 0 Å². The number of anilines is 2. The van der Waals surface area contributed by atoms with E-state index in [2.05, 4.69) is 5.32 Å². The maximum absolute atomic E-state index is 12.6. The molecule has 2 aromatic rings. The minimum Gasteiger partial charge on any atom is -0.478 e. The van der Waals surface area contributed by atoms with Crippen LogP contribution in [0, 0.1) is 10.1 Å². The second-order valence-electron chi connectivity index (χ2n) is 5.76. The van der Waals surface area contributed by atoms with Crippen LogP contribution in [-0.4, -0.2) is 29.4 Å². The Morgan fingerprint density at radius 1 is 1.27 bits per heavy atom. The Kier molecular flexibility index (Phi) is 4.83. The monoisotopic (exact) mass is 355 g/mol. The maximum Gasteiger partial charge on any atom is 0.271 e. The predicted octanol–water partition coefficient (Wildman–Crippen LogP) is 2.74. The van der Waals surface area contributed by atoms with Crippen molar-refractivity contribution >= 4 is 28.9 Å². The van der Waals surface area contributed by atoms with Gasteiger partial charge in [-0.3, -0.25) is 24.6 Å². The lowest BCUT2D eigenvalue weighted by atomic mass is 10.1. The van der Waals surface area contributed by atoms with E-state index < -0.39 is 22.8 Å². The normalized spacial score (nSPS) is 15.8. The van der Waals surface area contributed by atoms with Crippen molar-refractivity contribution in [2.75, 3.05) is 16.8 Å². The lowest BCUT2D eigenvalue weighted by molar-refractivity contribution is -0.384. The minimum absolute atomic E-state index is 0.177. The van der Waals surface area contributed by atoms with E-state index in [0.29, 0.717) is 17.9 Å². The zero-order chi connectivity index (χ0) is 18.7. The Labute approximate surface area is 149 Å². The SMILES string of the molecule is CCC1Oc2ccc([N+](=O)[O-])cc2N(CC(=O)Nc2ccccc2)C1=O. The van der Waals surface area contributed by atoms with Crippen molar-refractivity contribution in [3.63, 3.8) is 0 Å². The number of non-ortho nitro benzene ring substituents is 1. The van der Waals surface area contributed by atoms with E-state index in [9.17, 15) is 19.7 Å². The third kappa shape index (κ3) is 3.49. The van der Waals surface area contributed by atoms with Gasteiger partial charge in [-0.1, -0.05) is 25.1 Å². The number of benzene rings is 2. The molecular weight excluding hydrogens is 338 g/mol. The summed E-state index contributed by atoms with van der Waals surface area (Å²) in [5, 5.41) is 13.7. The first-order valence-corrected chi connectivity index (χ1v) is 8.11. The maximum atomic E-state index is 12.6. The van der Waals surface area contributed by atoms with Gasteiger partial charge in [0, 0.05) is 17.8 Å². The summed E-state index contributed by atoms with van der Waals surface area (Å²) in [5.74, 6) is -0.461. The van der Waals surface area contributed by atoms with Crippen LogP contribution in [0.2, 0.25) is 0 Å². The van der Waals surface area contributed by atoms with Crippen LogP contribution < -0.4 is 15.0 Å². The standard InChI is InChI=1S/C18H17N3O5/c1-2-15-18(23)20(11-17(22)19-12-6-4-3-5-7-12)14-10-13(21(24)25)8-9-16(14)26-15/h3-10,15H,2,11H2,1H3,(H,19,22). The van der Waals surface area contributed by atoms with Gasteiger partial charge < -0.3 is 10.1 Å². The van der Waals surface area contributed by atoms with E-state index in [0.717, 1.165) is 0 Å². The number of nitro groups is 1. The average Bonchev–Trinajstić information content (AvgIpc) is 2.64. The number of hydrogen-bond acceptors (Lipinski definition) is 5. The molecule has 1 aliphatic rings. The Hall–Kier alpha value is -3.42. The van der Waals surface area contributed by atoms with E-state index in [4.69, 9.17) is 4.74 Å². The van der Waals surface area contributed by atoms with E-state index in [1.165, 1.54) is 23.1 Å². The number of carbonyl (C=O) groups is 2. The van der Waals surface area contributed by atoms with Crippen LogP contribution in [0.3, 0.4) is 0 Å². The number of nitro benzene ring substituents is 1. The molecule has 134 valence electrons. The first-order chi connectivity index (χ1) is 12.5. The van der Waals surface area contributed by atoms with Crippen LogP contribution in [0.25, 0.3) is 0 Å². The molecule has 1 N–H and O–H groups in total. The lowest BCUT2D eigenvalue weighted by Crippen LogP contribution is -2.48. The number of nitrogens with zero attached hydrogens (tertiary/aromatic N) is 2. The summed E-state index contributed by atoms with van der Waals surface area (Å²) < 4.78 is 5.61. The predicted molar refractivity (Wildman–Crippen MR) is 95.2 cm³/mol. The molecule has 3 rings (SSSR count). The molecule has 0 saturated carbocycles. The van der Waals surface area contributed by atoms with Gasteiger partial charge in [0.25, 0.3) is 11.6 Å². The third-order valence-electron chi connectivity index (χ3n) is 3.98. The van der Waals surface area contributed by atoms with E-state index in [1.54, 1.807) is 31.2 Å². The van der Waals surface area contributed by atoms with Crippen LogP contribution in [-0.2, 0) is 9.59 Å². The Balaban J connectivity index is 1.89. The van der Waals surface area contributed by atoms with E-state index in [1.807, 2.05) is 6.07 Å². The molecule has 26 heavy (non-hydrogen) atoms. The fourth-order valence-corrected chi connectivity index (χ4v) is 2.71. The van der Waals surface area contributed by atoms with Gasteiger partial charge >= 0.3 is 0 Å². The highest BCUT2D eigenvalue weighted by Gasteiger charge is 2.35. The minimum atomic E-state index is -0.728. The van der Waals surface area contributed by atoms with Crippen molar-refractivity contribution in [3.05, 3.63) is 58.6 Å². The number of nitrogens with one attached hydrogen (secondary N) is 1. The molecule has 8 nitrogen and oxygen atoms in total. The second-order valence-corrected chi connectivity index (χ2v) is 5.76. The van der Waals surface area contributed by atoms with Gasteiger partial charge in [0.05, 0.1) is 10.6 Å². The van der Waals surface area contributed by atoms with Crippen LogP contribution in [0.4, 0.5) is 17.1 Å². The van der Waals surface area contributed by atoms with Crippen LogP contribution in [0.5, 0.6) is 5.75 Å². The molecule has 0 fully saturated rings. The fraction of sp³-hybridized carbons (Fsp3) is 0.222. The summed E-state index contributed by atoms with van der Waals surface area (Å²) in [7, 11) is 0. The smallest absolute Gasteiger partial charge is 0.271 e. The molecule has 0 aromatic heterocycles. The largest absolute Gasteiger partial charge is 0.478 e. The van der Waals surface area contributed by atoms with Crippen LogP contribution >= 0.6 is 0 Å². The van der Waals surface area contributed by atoms with Crippen molar-refractivity contribution < 1.29 is 19.2 Å².